The minimum atomic E-state index is -5.65. The summed E-state index contributed by atoms with van der Waals surface area (Å²) in [6.45, 7) is 5.08. The summed E-state index contributed by atoms with van der Waals surface area (Å²) in [6, 6.07) is 0. The van der Waals surface area contributed by atoms with E-state index in [1.54, 1.807) is 6.92 Å². The van der Waals surface area contributed by atoms with Gasteiger partial charge in [0.15, 0.2) is 0 Å². The number of esters is 1. The molecule has 2 saturated carbocycles. The molecule has 0 heterocycles. The van der Waals surface area contributed by atoms with Crippen LogP contribution in [-0.4, -0.2) is 31.9 Å². The maximum absolute atomic E-state index is 12.2. The number of carbonyl (C=O) groups excluding carboxylic acids is 2. The normalized spacial score (nSPS) is 28.6. The van der Waals surface area contributed by atoms with Crippen molar-refractivity contribution >= 4 is 21.9 Å². The van der Waals surface area contributed by atoms with Gasteiger partial charge in [-0.2, -0.15) is 21.6 Å². The average molecular weight is 383 g/mol. The Morgan fingerprint density at radius 2 is 1.84 bits per heavy atom. The number of halogens is 3. The minimum absolute atomic E-state index is 0.115. The van der Waals surface area contributed by atoms with Crippen LogP contribution in [0.2, 0.25) is 0 Å². The Morgan fingerprint density at radius 1 is 1.20 bits per heavy atom. The number of nitrogens with one attached hydrogen (secondary N) is 1. The zero-order valence-corrected chi connectivity index (χ0v) is 14.5. The third-order valence-electron chi connectivity index (χ3n) is 4.84. The summed E-state index contributed by atoms with van der Waals surface area (Å²) >= 11 is 0. The van der Waals surface area contributed by atoms with Crippen molar-refractivity contribution in [2.75, 3.05) is 0 Å². The monoisotopic (exact) mass is 383 g/mol. The van der Waals surface area contributed by atoms with Crippen LogP contribution in [0.15, 0.2) is 12.2 Å². The minimum Gasteiger partial charge on any atom is -0.459 e. The van der Waals surface area contributed by atoms with E-state index in [-0.39, 0.29) is 30.3 Å². The third kappa shape index (κ3) is 4.53. The highest BCUT2D eigenvalue weighted by atomic mass is 32.2. The van der Waals surface area contributed by atoms with Crippen molar-refractivity contribution in [1.29, 1.82) is 0 Å². The van der Waals surface area contributed by atoms with E-state index >= 15 is 0 Å². The predicted molar refractivity (Wildman–Crippen MR) is 81.4 cm³/mol. The standard InChI is InChI=1S/C15H20F3NO5S/c1-8(2)14(21)24-12-7-10-6-11(12)5-9(10)3-4-13(20)19-25(22,23)15(16,17)18/h9-12H,1,3-7H2,2H3,(H,19,20). The lowest BCUT2D eigenvalue weighted by Gasteiger charge is -2.27. The second-order valence-corrected chi connectivity index (χ2v) is 8.40. The zero-order chi connectivity index (χ0) is 19.0. The second-order valence-electron chi connectivity index (χ2n) is 6.72. The Morgan fingerprint density at radius 3 is 2.32 bits per heavy atom. The van der Waals surface area contributed by atoms with Gasteiger partial charge in [-0.05, 0) is 50.4 Å². The van der Waals surface area contributed by atoms with Gasteiger partial charge >= 0.3 is 21.5 Å². The first kappa shape index (κ1) is 19.7. The van der Waals surface area contributed by atoms with Crippen LogP contribution in [0.25, 0.3) is 0 Å². The van der Waals surface area contributed by atoms with Crippen LogP contribution in [0.4, 0.5) is 13.2 Å². The smallest absolute Gasteiger partial charge is 0.459 e. The quantitative estimate of drug-likeness (QED) is 0.561. The molecule has 2 aliphatic carbocycles. The number of hydrogen-bond donors (Lipinski definition) is 1. The highest BCUT2D eigenvalue weighted by Gasteiger charge is 2.48. The Bertz CT molecular complexity index is 673. The van der Waals surface area contributed by atoms with Crippen LogP contribution in [-0.2, 0) is 24.3 Å². The fourth-order valence-corrected chi connectivity index (χ4v) is 4.17. The molecule has 4 atom stereocenters. The first-order chi connectivity index (χ1) is 11.4. The summed E-state index contributed by atoms with van der Waals surface area (Å²) in [5, 5.41) is 0. The van der Waals surface area contributed by atoms with Gasteiger partial charge in [0.2, 0.25) is 5.91 Å². The van der Waals surface area contributed by atoms with Crippen molar-refractivity contribution in [1.82, 2.24) is 4.72 Å². The largest absolute Gasteiger partial charge is 0.516 e. The van der Waals surface area contributed by atoms with Gasteiger partial charge in [-0.25, -0.2) is 9.52 Å². The third-order valence-corrected chi connectivity index (χ3v) is 5.95. The van der Waals surface area contributed by atoms with E-state index in [2.05, 4.69) is 6.58 Å². The number of sulfonamides is 1. The first-order valence-electron chi connectivity index (χ1n) is 7.89. The number of carbonyl (C=O) groups is 2. The number of fused-ring (bicyclic) bond motifs is 2. The SMILES string of the molecule is C=C(C)C(=O)OC1CC2CC1CC2CCC(=O)NS(=O)(=O)C(F)(F)F. The van der Waals surface area contributed by atoms with Gasteiger partial charge in [0.25, 0.3) is 0 Å². The van der Waals surface area contributed by atoms with Gasteiger partial charge in [0.05, 0.1) is 0 Å². The summed E-state index contributed by atoms with van der Waals surface area (Å²) < 4.78 is 64.8. The van der Waals surface area contributed by atoms with Gasteiger partial charge < -0.3 is 4.74 Å². The predicted octanol–water partition coefficient (Wildman–Crippen LogP) is 2.27. The van der Waals surface area contributed by atoms with Crippen LogP contribution < -0.4 is 4.72 Å². The molecule has 4 unspecified atom stereocenters. The zero-order valence-electron chi connectivity index (χ0n) is 13.6. The van der Waals surface area contributed by atoms with Gasteiger partial charge in [-0.3, -0.25) is 4.79 Å². The molecule has 0 aliphatic heterocycles. The molecule has 0 aromatic carbocycles. The van der Waals surface area contributed by atoms with E-state index in [9.17, 15) is 31.2 Å². The van der Waals surface area contributed by atoms with E-state index in [4.69, 9.17) is 4.74 Å². The fourth-order valence-electron chi connectivity index (χ4n) is 3.65. The van der Waals surface area contributed by atoms with Crippen molar-refractivity contribution in [3.8, 4) is 0 Å². The fraction of sp³-hybridized carbons (Fsp3) is 0.733. The van der Waals surface area contributed by atoms with Crippen LogP contribution in [0.3, 0.4) is 0 Å². The molecule has 10 heteroatoms. The molecule has 2 rings (SSSR count). The number of amides is 1. The molecular weight excluding hydrogens is 363 g/mol. The molecule has 0 saturated heterocycles. The number of alkyl halides is 3. The summed E-state index contributed by atoms with van der Waals surface area (Å²) in [5.74, 6) is -1.10. The Kier molecular flexibility index (Phi) is 5.50. The number of rotatable bonds is 6. The molecule has 6 nitrogen and oxygen atoms in total. The summed E-state index contributed by atoms with van der Waals surface area (Å²) in [7, 11) is -5.65. The molecule has 1 amide bonds. The molecule has 0 aromatic heterocycles. The topological polar surface area (TPSA) is 89.5 Å². The maximum atomic E-state index is 12.2. The highest BCUT2D eigenvalue weighted by Crippen LogP contribution is 2.51. The molecular formula is C15H20F3NO5S. The lowest BCUT2D eigenvalue weighted by atomic mass is 9.84. The molecule has 0 spiro atoms. The van der Waals surface area contributed by atoms with E-state index < -0.39 is 27.4 Å². The summed E-state index contributed by atoms with van der Waals surface area (Å²) in [6.07, 6.45) is 2.02. The van der Waals surface area contributed by atoms with Gasteiger partial charge in [-0.15, -0.1) is 0 Å². The van der Waals surface area contributed by atoms with Crippen molar-refractivity contribution in [3.63, 3.8) is 0 Å². The highest BCUT2D eigenvalue weighted by molar-refractivity contribution is 7.90. The molecule has 2 aliphatic rings. The van der Waals surface area contributed by atoms with Crippen molar-refractivity contribution < 1.29 is 35.9 Å². The van der Waals surface area contributed by atoms with Crippen molar-refractivity contribution in [2.24, 2.45) is 17.8 Å². The molecule has 142 valence electrons. The second kappa shape index (κ2) is 6.97. The van der Waals surface area contributed by atoms with Crippen molar-refractivity contribution in [3.05, 3.63) is 12.2 Å². The number of ether oxygens (including phenoxy) is 1. The van der Waals surface area contributed by atoms with Gasteiger partial charge in [0, 0.05) is 12.0 Å². The average Bonchev–Trinajstić information content (AvgIpc) is 3.02. The van der Waals surface area contributed by atoms with E-state index in [1.165, 1.54) is 0 Å². The van der Waals surface area contributed by atoms with Crippen molar-refractivity contribution in [2.45, 2.75) is 50.6 Å². The van der Waals surface area contributed by atoms with Gasteiger partial charge in [-0.1, -0.05) is 6.58 Å². The van der Waals surface area contributed by atoms with Gasteiger partial charge in [0.1, 0.15) is 6.10 Å². The molecule has 1 N–H and O–H groups in total. The molecule has 2 fully saturated rings. The molecule has 0 aromatic rings. The Balaban J connectivity index is 1.79. The van der Waals surface area contributed by atoms with E-state index in [0.717, 1.165) is 11.1 Å². The lowest BCUT2D eigenvalue weighted by Crippen LogP contribution is -2.40. The Hall–Kier alpha value is -1.58. The maximum Gasteiger partial charge on any atom is 0.516 e. The number of hydrogen-bond acceptors (Lipinski definition) is 5. The summed E-state index contributed by atoms with van der Waals surface area (Å²) in [4.78, 5) is 23.0. The summed E-state index contributed by atoms with van der Waals surface area (Å²) in [5.41, 5.74) is -5.18. The lowest BCUT2D eigenvalue weighted by molar-refractivity contribution is -0.147. The van der Waals surface area contributed by atoms with Crippen LogP contribution >= 0.6 is 0 Å². The first-order valence-corrected chi connectivity index (χ1v) is 9.37. The molecule has 2 bridgehead atoms. The van der Waals surface area contributed by atoms with Crippen LogP contribution in [0, 0.1) is 17.8 Å². The molecule has 25 heavy (non-hydrogen) atoms. The Labute approximate surface area is 143 Å². The van der Waals surface area contributed by atoms with E-state index in [0.29, 0.717) is 24.8 Å². The molecule has 0 radical (unpaired) electrons. The van der Waals surface area contributed by atoms with Crippen LogP contribution in [0.5, 0.6) is 0 Å². The van der Waals surface area contributed by atoms with Crippen LogP contribution in [0.1, 0.15) is 39.0 Å². The van der Waals surface area contributed by atoms with E-state index in [1.807, 2.05) is 0 Å².